The number of aliphatic imine (C=N–C) groups is 1. The molecule has 146 valence electrons. The van der Waals surface area contributed by atoms with Crippen molar-refractivity contribution in [3.8, 4) is 5.75 Å². The van der Waals surface area contributed by atoms with E-state index in [1.807, 2.05) is 44.2 Å². The van der Waals surface area contributed by atoms with Crippen molar-refractivity contribution in [2.75, 3.05) is 26.2 Å². The molecule has 1 aromatic rings. The summed E-state index contributed by atoms with van der Waals surface area (Å²) < 4.78 is 5.85. The number of hydrogen-bond donors (Lipinski definition) is 3. The van der Waals surface area contributed by atoms with Crippen LogP contribution in [0.1, 0.15) is 26.7 Å². The molecule has 1 aliphatic rings. The second kappa shape index (κ2) is 11.8. The van der Waals surface area contributed by atoms with E-state index >= 15 is 0 Å². The van der Waals surface area contributed by atoms with Crippen molar-refractivity contribution in [2.45, 2.75) is 38.8 Å². The van der Waals surface area contributed by atoms with E-state index in [-0.39, 0.29) is 36.1 Å². The lowest BCUT2D eigenvalue weighted by Crippen LogP contribution is -2.50. The number of ether oxygens (including phenoxy) is 1. The van der Waals surface area contributed by atoms with Crippen LogP contribution in [0.4, 0.5) is 4.79 Å². The molecule has 1 unspecified atom stereocenters. The van der Waals surface area contributed by atoms with E-state index in [0.717, 1.165) is 31.1 Å². The number of amides is 2. The topological polar surface area (TPSA) is 92.0 Å². The van der Waals surface area contributed by atoms with E-state index < -0.39 is 0 Å². The molecule has 0 radical (unpaired) electrons. The third-order valence-corrected chi connectivity index (χ3v) is 4.08. The number of primary amides is 1. The molecule has 1 saturated heterocycles. The minimum Gasteiger partial charge on any atom is -0.489 e. The Hall–Kier alpha value is -1.71. The lowest BCUT2D eigenvalue weighted by Gasteiger charge is -2.32. The zero-order chi connectivity index (χ0) is 18.1. The van der Waals surface area contributed by atoms with E-state index in [0.29, 0.717) is 25.7 Å². The van der Waals surface area contributed by atoms with Crippen LogP contribution in [-0.4, -0.2) is 55.2 Å². The van der Waals surface area contributed by atoms with Crippen molar-refractivity contribution < 1.29 is 9.53 Å². The molecule has 0 bridgehead atoms. The SMILES string of the molecule is CCNC(=NCC(C)Oc1ccccc1)NC1CCN(C(N)=O)CC1.I. The number of urea groups is 1. The van der Waals surface area contributed by atoms with E-state index in [1.54, 1.807) is 4.90 Å². The summed E-state index contributed by atoms with van der Waals surface area (Å²) in [6, 6.07) is 9.70. The molecule has 8 heteroatoms. The number of likely N-dealkylation sites (tertiary alicyclic amines) is 1. The van der Waals surface area contributed by atoms with Crippen molar-refractivity contribution in [1.29, 1.82) is 0 Å². The number of nitrogens with two attached hydrogens (primary N) is 1. The molecule has 1 fully saturated rings. The summed E-state index contributed by atoms with van der Waals surface area (Å²) in [6.07, 6.45) is 1.71. The smallest absolute Gasteiger partial charge is 0.314 e. The Labute approximate surface area is 172 Å². The first-order chi connectivity index (χ1) is 12.1. The Kier molecular flexibility index (Phi) is 10.2. The summed E-state index contributed by atoms with van der Waals surface area (Å²) in [4.78, 5) is 17.5. The molecule has 26 heavy (non-hydrogen) atoms. The highest BCUT2D eigenvalue weighted by Crippen LogP contribution is 2.11. The number of nitrogens with zero attached hydrogens (tertiary/aromatic N) is 2. The molecule has 7 nitrogen and oxygen atoms in total. The third kappa shape index (κ3) is 7.67. The summed E-state index contributed by atoms with van der Waals surface area (Å²) in [5.41, 5.74) is 5.32. The molecule has 1 aliphatic heterocycles. The van der Waals surface area contributed by atoms with Crippen molar-refractivity contribution >= 4 is 36.0 Å². The first-order valence-corrected chi connectivity index (χ1v) is 8.89. The number of halogens is 1. The van der Waals surface area contributed by atoms with Gasteiger partial charge in [0, 0.05) is 25.7 Å². The van der Waals surface area contributed by atoms with Crippen LogP contribution in [0.25, 0.3) is 0 Å². The maximum Gasteiger partial charge on any atom is 0.314 e. The number of para-hydroxylation sites is 1. The predicted octanol–water partition coefficient (Wildman–Crippen LogP) is 2.17. The number of piperidine rings is 1. The lowest BCUT2D eigenvalue weighted by molar-refractivity contribution is 0.188. The van der Waals surface area contributed by atoms with Gasteiger partial charge in [-0.25, -0.2) is 9.79 Å². The van der Waals surface area contributed by atoms with Gasteiger partial charge in [-0.3, -0.25) is 0 Å². The summed E-state index contributed by atoms with van der Waals surface area (Å²) >= 11 is 0. The van der Waals surface area contributed by atoms with E-state index in [4.69, 9.17) is 10.5 Å². The minimum atomic E-state index is -0.342. The van der Waals surface area contributed by atoms with Crippen LogP contribution in [0.5, 0.6) is 5.75 Å². The Balaban J connectivity index is 0.00000338. The van der Waals surface area contributed by atoms with Crippen LogP contribution in [0.3, 0.4) is 0 Å². The van der Waals surface area contributed by atoms with Crippen LogP contribution in [0.15, 0.2) is 35.3 Å². The summed E-state index contributed by atoms with van der Waals surface area (Å²) in [5, 5.41) is 6.70. The van der Waals surface area contributed by atoms with E-state index in [9.17, 15) is 4.79 Å². The molecule has 2 amide bonds. The highest BCUT2D eigenvalue weighted by molar-refractivity contribution is 14.0. The monoisotopic (exact) mass is 475 g/mol. The van der Waals surface area contributed by atoms with Gasteiger partial charge in [-0.15, -0.1) is 24.0 Å². The third-order valence-electron chi connectivity index (χ3n) is 4.08. The quantitative estimate of drug-likeness (QED) is 0.334. The first-order valence-electron chi connectivity index (χ1n) is 8.89. The number of carbonyl (C=O) groups excluding carboxylic acids is 1. The van der Waals surface area contributed by atoms with Gasteiger partial charge in [0.25, 0.3) is 0 Å². The Bertz CT molecular complexity index is 562. The molecule has 1 heterocycles. The van der Waals surface area contributed by atoms with Gasteiger partial charge in [0.2, 0.25) is 0 Å². The van der Waals surface area contributed by atoms with Gasteiger partial charge in [-0.2, -0.15) is 0 Å². The molecule has 2 rings (SSSR count). The van der Waals surface area contributed by atoms with Gasteiger partial charge >= 0.3 is 6.03 Å². The van der Waals surface area contributed by atoms with E-state index in [2.05, 4.69) is 15.6 Å². The molecular weight excluding hydrogens is 445 g/mol. The number of nitrogens with one attached hydrogen (secondary N) is 2. The number of carbonyl (C=O) groups is 1. The zero-order valence-corrected chi connectivity index (χ0v) is 17.8. The first kappa shape index (κ1) is 22.3. The van der Waals surface area contributed by atoms with Gasteiger partial charge < -0.3 is 26.0 Å². The normalized spacial score (nSPS) is 16.4. The average molecular weight is 475 g/mol. The van der Waals surface area contributed by atoms with Crippen LogP contribution < -0.4 is 21.1 Å². The fraction of sp³-hybridized carbons (Fsp3) is 0.556. The molecule has 0 aromatic heterocycles. The predicted molar refractivity (Wildman–Crippen MR) is 115 cm³/mol. The highest BCUT2D eigenvalue weighted by atomic mass is 127. The second-order valence-electron chi connectivity index (χ2n) is 6.21. The molecule has 0 aliphatic carbocycles. The van der Waals surface area contributed by atoms with Crippen molar-refractivity contribution in [1.82, 2.24) is 15.5 Å². The fourth-order valence-corrected chi connectivity index (χ4v) is 2.75. The second-order valence-corrected chi connectivity index (χ2v) is 6.21. The largest absolute Gasteiger partial charge is 0.489 e. The molecule has 0 spiro atoms. The zero-order valence-electron chi connectivity index (χ0n) is 15.5. The molecule has 4 N–H and O–H groups in total. The van der Waals surface area contributed by atoms with Gasteiger partial charge in [0.15, 0.2) is 5.96 Å². The summed E-state index contributed by atoms with van der Waals surface area (Å²) in [7, 11) is 0. The van der Waals surface area contributed by atoms with Gasteiger partial charge in [0.05, 0.1) is 6.54 Å². The van der Waals surface area contributed by atoms with E-state index in [1.165, 1.54) is 0 Å². The molecule has 1 atom stereocenters. The number of guanidine groups is 1. The Morgan fingerprint density at radius 1 is 1.35 bits per heavy atom. The number of hydrogen-bond acceptors (Lipinski definition) is 3. The van der Waals surface area contributed by atoms with Crippen LogP contribution in [-0.2, 0) is 0 Å². The van der Waals surface area contributed by atoms with Crippen molar-refractivity contribution in [3.63, 3.8) is 0 Å². The maximum absolute atomic E-state index is 11.2. The minimum absolute atomic E-state index is 0. The average Bonchev–Trinajstić information content (AvgIpc) is 2.61. The molecular formula is C18H30IN5O2. The molecule has 0 saturated carbocycles. The van der Waals surface area contributed by atoms with Crippen molar-refractivity contribution in [2.24, 2.45) is 10.7 Å². The number of rotatable bonds is 6. The van der Waals surface area contributed by atoms with Crippen LogP contribution in [0.2, 0.25) is 0 Å². The van der Waals surface area contributed by atoms with Gasteiger partial charge in [0.1, 0.15) is 11.9 Å². The Morgan fingerprint density at radius 2 is 2.00 bits per heavy atom. The standard InChI is InChI=1S/C18H29N5O2.HI/c1-3-20-18(22-15-9-11-23(12-10-15)17(19)24)21-13-14(2)25-16-7-5-4-6-8-16;/h4-8,14-15H,3,9-13H2,1-2H3,(H2,19,24)(H2,20,21,22);1H. The van der Waals surface area contributed by atoms with Crippen molar-refractivity contribution in [3.05, 3.63) is 30.3 Å². The highest BCUT2D eigenvalue weighted by Gasteiger charge is 2.21. The lowest BCUT2D eigenvalue weighted by atomic mass is 10.1. The summed E-state index contributed by atoms with van der Waals surface area (Å²) in [6.45, 7) is 6.76. The van der Waals surface area contributed by atoms with Gasteiger partial charge in [-0.1, -0.05) is 18.2 Å². The Morgan fingerprint density at radius 3 is 2.58 bits per heavy atom. The molecule has 1 aromatic carbocycles. The van der Waals surface area contributed by atoms with Gasteiger partial charge in [-0.05, 0) is 38.8 Å². The van der Waals surface area contributed by atoms with Crippen LogP contribution in [0, 0.1) is 0 Å². The number of benzene rings is 1. The van der Waals surface area contributed by atoms with Crippen LogP contribution >= 0.6 is 24.0 Å². The summed E-state index contributed by atoms with van der Waals surface area (Å²) in [5.74, 6) is 1.63. The maximum atomic E-state index is 11.2. The fourth-order valence-electron chi connectivity index (χ4n) is 2.75.